The summed E-state index contributed by atoms with van der Waals surface area (Å²) in [7, 11) is 0. The number of piperidine rings is 1. The minimum Gasteiger partial charge on any atom is -0.397 e. The van der Waals surface area contributed by atoms with Crippen LogP contribution < -0.4 is 16.0 Å². The maximum Gasteiger partial charge on any atom is 0.0629 e. The number of benzene rings is 2. The Labute approximate surface area is 134 Å². The molecule has 0 bridgehead atoms. The van der Waals surface area contributed by atoms with Gasteiger partial charge >= 0.3 is 0 Å². The fraction of sp³-hybridized carbons (Fsp3) is 0.294. The lowest BCUT2D eigenvalue weighted by Gasteiger charge is -2.28. The molecule has 1 saturated heterocycles. The predicted molar refractivity (Wildman–Crippen MR) is 94.3 cm³/mol. The van der Waals surface area contributed by atoms with Gasteiger partial charge in [-0.25, -0.2) is 0 Å². The molecule has 2 aromatic carbocycles. The van der Waals surface area contributed by atoms with E-state index in [4.69, 9.17) is 5.73 Å². The number of nitrogen functional groups attached to an aromatic ring is 1. The quantitative estimate of drug-likeness (QED) is 0.787. The van der Waals surface area contributed by atoms with Crippen molar-refractivity contribution in [3.8, 4) is 0 Å². The van der Waals surface area contributed by atoms with Crippen molar-refractivity contribution >= 4 is 38.7 Å². The number of anilines is 4. The molecule has 0 amide bonds. The molecule has 1 aliphatic rings. The fourth-order valence-corrected chi connectivity index (χ4v) is 3.06. The normalized spacial score (nSPS) is 15.0. The average molecular weight is 346 g/mol. The van der Waals surface area contributed by atoms with Crippen molar-refractivity contribution in [3.05, 3.63) is 46.9 Å². The van der Waals surface area contributed by atoms with E-state index >= 15 is 0 Å². The van der Waals surface area contributed by atoms with Gasteiger partial charge in [-0.05, 0) is 61.7 Å². The van der Waals surface area contributed by atoms with Gasteiger partial charge in [0.15, 0.2) is 0 Å². The second-order valence-corrected chi connectivity index (χ2v) is 6.37. The summed E-state index contributed by atoms with van der Waals surface area (Å²) >= 11 is 3.47. The van der Waals surface area contributed by atoms with Crippen molar-refractivity contribution < 1.29 is 0 Å². The van der Waals surface area contributed by atoms with Crippen LogP contribution in [-0.4, -0.2) is 13.1 Å². The summed E-state index contributed by atoms with van der Waals surface area (Å²) in [4.78, 5) is 2.46. The first kappa shape index (κ1) is 14.3. The molecule has 1 heterocycles. The van der Waals surface area contributed by atoms with E-state index < -0.39 is 0 Å². The first-order valence-electron chi connectivity index (χ1n) is 7.39. The molecule has 0 radical (unpaired) electrons. The zero-order valence-electron chi connectivity index (χ0n) is 12.0. The molecule has 3 N–H and O–H groups in total. The summed E-state index contributed by atoms with van der Waals surface area (Å²) in [5.41, 5.74) is 10.0. The highest BCUT2D eigenvalue weighted by molar-refractivity contribution is 9.10. The molecule has 4 heteroatoms. The third-order valence-corrected chi connectivity index (χ3v) is 4.38. The van der Waals surface area contributed by atoms with Crippen LogP contribution in [0.25, 0.3) is 0 Å². The van der Waals surface area contributed by atoms with Crippen molar-refractivity contribution in [2.24, 2.45) is 0 Å². The number of hydrogen-bond acceptors (Lipinski definition) is 3. The van der Waals surface area contributed by atoms with Gasteiger partial charge in [-0.2, -0.15) is 0 Å². The van der Waals surface area contributed by atoms with E-state index in [0.29, 0.717) is 0 Å². The van der Waals surface area contributed by atoms with Crippen molar-refractivity contribution in [2.45, 2.75) is 19.3 Å². The summed E-state index contributed by atoms with van der Waals surface area (Å²) in [6.07, 6.45) is 3.96. The van der Waals surface area contributed by atoms with E-state index in [1.807, 2.05) is 18.2 Å². The van der Waals surface area contributed by atoms with Gasteiger partial charge in [0.1, 0.15) is 0 Å². The Kier molecular flexibility index (Phi) is 4.34. The zero-order valence-corrected chi connectivity index (χ0v) is 13.6. The molecule has 3 nitrogen and oxygen atoms in total. The van der Waals surface area contributed by atoms with Gasteiger partial charge in [-0.1, -0.05) is 15.9 Å². The largest absolute Gasteiger partial charge is 0.397 e. The first-order valence-corrected chi connectivity index (χ1v) is 8.19. The van der Waals surface area contributed by atoms with E-state index in [9.17, 15) is 0 Å². The summed E-state index contributed by atoms with van der Waals surface area (Å²) in [6, 6.07) is 14.4. The van der Waals surface area contributed by atoms with Gasteiger partial charge in [0.05, 0.1) is 11.4 Å². The molecule has 2 aromatic rings. The second kappa shape index (κ2) is 6.39. The minimum atomic E-state index is 0.748. The number of nitrogens with two attached hydrogens (primary N) is 1. The number of hydrogen-bond donors (Lipinski definition) is 2. The molecule has 0 unspecified atom stereocenters. The lowest BCUT2D eigenvalue weighted by Crippen LogP contribution is -2.29. The molecular weight excluding hydrogens is 326 g/mol. The molecule has 0 atom stereocenters. The molecule has 110 valence electrons. The highest BCUT2D eigenvalue weighted by atomic mass is 79.9. The van der Waals surface area contributed by atoms with Gasteiger partial charge in [0.25, 0.3) is 0 Å². The summed E-state index contributed by atoms with van der Waals surface area (Å²) in [5, 5.41) is 3.37. The number of nitrogens with zero attached hydrogens (tertiary/aromatic N) is 1. The minimum absolute atomic E-state index is 0.748. The number of halogens is 1. The van der Waals surface area contributed by atoms with Crippen LogP contribution in [0.15, 0.2) is 46.9 Å². The Morgan fingerprint density at radius 3 is 2.38 bits per heavy atom. The predicted octanol–water partition coefficient (Wildman–Crippen LogP) is 4.77. The lowest BCUT2D eigenvalue weighted by atomic mass is 10.1. The van der Waals surface area contributed by atoms with Crippen LogP contribution in [0.2, 0.25) is 0 Å². The summed E-state index contributed by atoms with van der Waals surface area (Å²) in [6.45, 7) is 2.34. The maximum atomic E-state index is 5.99. The molecule has 1 fully saturated rings. The van der Waals surface area contributed by atoms with E-state index in [1.165, 1.54) is 38.0 Å². The standard InChI is InChI=1S/C17H20BrN3/c18-13-4-9-16(19)17(12-13)20-14-5-7-15(8-6-14)21-10-2-1-3-11-21/h4-9,12,20H,1-3,10-11,19H2. The first-order chi connectivity index (χ1) is 10.2. The molecular formula is C17H20BrN3. The highest BCUT2D eigenvalue weighted by Gasteiger charge is 2.10. The van der Waals surface area contributed by atoms with Crippen molar-refractivity contribution in [2.75, 3.05) is 29.0 Å². The van der Waals surface area contributed by atoms with Crippen LogP contribution in [0.4, 0.5) is 22.7 Å². The molecule has 0 aromatic heterocycles. The van der Waals surface area contributed by atoms with Gasteiger partial charge in [0.2, 0.25) is 0 Å². The Hall–Kier alpha value is -1.68. The topological polar surface area (TPSA) is 41.3 Å². The van der Waals surface area contributed by atoms with Crippen LogP contribution in [-0.2, 0) is 0 Å². The van der Waals surface area contributed by atoms with E-state index in [0.717, 1.165) is 21.5 Å². The zero-order chi connectivity index (χ0) is 14.7. The summed E-state index contributed by atoms with van der Waals surface area (Å²) < 4.78 is 1.02. The Balaban J connectivity index is 1.73. The van der Waals surface area contributed by atoms with Crippen LogP contribution in [0, 0.1) is 0 Å². The van der Waals surface area contributed by atoms with E-state index in [2.05, 4.69) is 50.4 Å². The van der Waals surface area contributed by atoms with E-state index in [1.54, 1.807) is 0 Å². The Morgan fingerprint density at radius 2 is 1.67 bits per heavy atom. The van der Waals surface area contributed by atoms with Crippen LogP contribution >= 0.6 is 15.9 Å². The van der Waals surface area contributed by atoms with Crippen LogP contribution in [0.3, 0.4) is 0 Å². The number of rotatable bonds is 3. The van der Waals surface area contributed by atoms with Crippen molar-refractivity contribution in [1.29, 1.82) is 0 Å². The monoisotopic (exact) mass is 345 g/mol. The molecule has 0 saturated carbocycles. The number of nitrogens with one attached hydrogen (secondary N) is 1. The highest BCUT2D eigenvalue weighted by Crippen LogP contribution is 2.28. The van der Waals surface area contributed by atoms with E-state index in [-0.39, 0.29) is 0 Å². The average Bonchev–Trinajstić information content (AvgIpc) is 2.53. The van der Waals surface area contributed by atoms with Gasteiger partial charge < -0.3 is 16.0 Å². The molecule has 1 aliphatic heterocycles. The smallest absolute Gasteiger partial charge is 0.0629 e. The molecule has 21 heavy (non-hydrogen) atoms. The third kappa shape index (κ3) is 3.50. The Morgan fingerprint density at radius 1 is 0.952 bits per heavy atom. The van der Waals surface area contributed by atoms with Gasteiger partial charge in [0, 0.05) is 28.9 Å². The molecule has 3 rings (SSSR count). The SMILES string of the molecule is Nc1ccc(Br)cc1Nc1ccc(N2CCCCC2)cc1. The second-order valence-electron chi connectivity index (χ2n) is 5.45. The van der Waals surface area contributed by atoms with Crippen molar-refractivity contribution in [1.82, 2.24) is 0 Å². The maximum absolute atomic E-state index is 5.99. The summed E-state index contributed by atoms with van der Waals surface area (Å²) in [5.74, 6) is 0. The lowest BCUT2D eigenvalue weighted by molar-refractivity contribution is 0.578. The fourth-order valence-electron chi connectivity index (χ4n) is 2.70. The third-order valence-electron chi connectivity index (χ3n) is 3.88. The molecule has 0 spiro atoms. The van der Waals surface area contributed by atoms with Crippen LogP contribution in [0.5, 0.6) is 0 Å². The van der Waals surface area contributed by atoms with Crippen molar-refractivity contribution in [3.63, 3.8) is 0 Å². The van der Waals surface area contributed by atoms with Gasteiger partial charge in [-0.3, -0.25) is 0 Å². The van der Waals surface area contributed by atoms with Crippen LogP contribution in [0.1, 0.15) is 19.3 Å². The molecule has 0 aliphatic carbocycles. The Bertz CT molecular complexity index is 604. The van der Waals surface area contributed by atoms with Gasteiger partial charge in [-0.15, -0.1) is 0 Å².